The van der Waals surface area contributed by atoms with E-state index in [9.17, 15) is 18.3 Å². The third kappa shape index (κ3) is 4.28. The van der Waals surface area contributed by atoms with Crippen molar-refractivity contribution in [3.8, 4) is 11.5 Å². The Kier molecular flexibility index (Phi) is 5.90. The van der Waals surface area contributed by atoms with Crippen LogP contribution < -0.4 is 14.4 Å². The van der Waals surface area contributed by atoms with Crippen LogP contribution in [0, 0.1) is 0 Å². The molecule has 2 aromatic carbocycles. The zero-order chi connectivity index (χ0) is 20.3. The van der Waals surface area contributed by atoms with Gasteiger partial charge in [0.2, 0.25) is 0 Å². The Morgan fingerprint density at radius 3 is 2.32 bits per heavy atom. The lowest BCUT2D eigenvalue weighted by atomic mass is 10.1. The molecule has 1 heterocycles. The number of ketones is 1. The Labute approximate surface area is 164 Å². The molecule has 0 aliphatic carbocycles. The number of Topliss-reactive ketones (excluding diaryl/α,β-unsaturated/α-hetero) is 1. The number of carbonyl (C=O) groups is 1. The van der Waals surface area contributed by atoms with Gasteiger partial charge in [0.1, 0.15) is 0 Å². The van der Waals surface area contributed by atoms with Crippen LogP contribution >= 0.6 is 0 Å². The molecule has 0 radical (unpaired) electrons. The van der Waals surface area contributed by atoms with Crippen molar-refractivity contribution in [1.29, 1.82) is 0 Å². The lowest BCUT2D eigenvalue weighted by molar-refractivity contribution is 0.0990. The molecule has 1 N–H and O–H groups in total. The standard InChI is InChI=1S/C20H23NO6S/c1-26-19-9-8-14(10-20(19)27-2)17(22)11-21(15-6-4-3-5-7-15)16-12-28(24,25)13-18(16)23/h3-10,16,18,23H,11-13H2,1-2H3/t16-,18-/m1/s1. The van der Waals surface area contributed by atoms with Crippen LogP contribution in [0.1, 0.15) is 10.4 Å². The number of anilines is 1. The molecule has 7 nitrogen and oxygen atoms in total. The molecule has 3 rings (SSSR count). The van der Waals surface area contributed by atoms with Crippen LogP contribution in [-0.2, 0) is 9.84 Å². The molecule has 1 saturated heterocycles. The average molecular weight is 405 g/mol. The number of benzene rings is 2. The number of para-hydroxylation sites is 1. The molecular formula is C20H23NO6S. The normalized spacial score (nSPS) is 20.5. The molecule has 0 spiro atoms. The number of hydrogen-bond donors (Lipinski definition) is 1. The van der Waals surface area contributed by atoms with E-state index in [1.807, 2.05) is 6.07 Å². The summed E-state index contributed by atoms with van der Waals surface area (Å²) in [5, 5.41) is 10.3. The predicted molar refractivity (Wildman–Crippen MR) is 106 cm³/mol. The first-order chi connectivity index (χ1) is 13.3. The first kappa shape index (κ1) is 20.2. The summed E-state index contributed by atoms with van der Waals surface area (Å²) in [6, 6.07) is 13.2. The van der Waals surface area contributed by atoms with Gasteiger partial charge in [-0.3, -0.25) is 4.79 Å². The van der Waals surface area contributed by atoms with Gasteiger partial charge in [0.15, 0.2) is 27.1 Å². The molecule has 1 fully saturated rings. The van der Waals surface area contributed by atoms with Crippen molar-refractivity contribution in [2.75, 3.05) is 37.2 Å². The van der Waals surface area contributed by atoms with E-state index in [1.54, 1.807) is 47.4 Å². The van der Waals surface area contributed by atoms with Crippen LogP contribution in [-0.4, -0.2) is 63.7 Å². The van der Waals surface area contributed by atoms with Gasteiger partial charge < -0.3 is 19.5 Å². The summed E-state index contributed by atoms with van der Waals surface area (Å²) in [7, 11) is -0.357. The minimum Gasteiger partial charge on any atom is -0.493 e. The molecule has 0 aromatic heterocycles. The minimum atomic E-state index is -3.36. The lowest BCUT2D eigenvalue weighted by Gasteiger charge is -2.31. The average Bonchev–Trinajstić information content (AvgIpc) is 2.97. The highest BCUT2D eigenvalue weighted by Gasteiger charge is 2.40. The Balaban J connectivity index is 1.91. The number of methoxy groups -OCH3 is 2. The van der Waals surface area contributed by atoms with Crippen LogP contribution in [0.5, 0.6) is 11.5 Å². The van der Waals surface area contributed by atoms with Crippen molar-refractivity contribution in [3.63, 3.8) is 0 Å². The third-order valence-electron chi connectivity index (χ3n) is 4.80. The molecule has 1 aliphatic rings. The highest BCUT2D eigenvalue weighted by atomic mass is 32.2. The number of rotatable bonds is 7. The molecule has 150 valence electrons. The number of carbonyl (C=O) groups excluding carboxylic acids is 1. The highest BCUT2D eigenvalue weighted by Crippen LogP contribution is 2.29. The number of sulfone groups is 1. The minimum absolute atomic E-state index is 0.0727. The van der Waals surface area contributed by atoms with E-state index < -0.39 is 22.0 Å². The lowest BCUT2D eigenvalue weighted by Crippen LogP contribution is -2.46. The van der Waals surface area contributed by atoms with E-state index in [-0.39, 0.29) is 23.8 Å². The van der Waals surface area contributed by atoms with Gasteiger partial charge in [0.25, 0.3) is 0 Å². The number of aliphatic hydroxyl groups is 1. The van der Waals surface area contributed by atoms with E-state index in [2.05, 4.69) is 0 Å². The van der Waals surface area contributed by atoms with Gasteiger partial charge in [0.05, 0.1) is 44.4 Å². The summed E-state index contributed by atoms with van der Waals surface area (Å²) in [6.45, 7) is -0.0727. The third-order valence-corrected chi connectivity index (χ3v) is 6.50. The van der Waals surface area contributed by atoms with Crippen molar-refractivity contribution in [1.82, 2.24) is 0 Å². The first-order valence-electron chi connectivity index (χ1n) is 8.80. The van der Waals surface area contributed by atoms with Gasteiger partial charge in [0, 0.05) is 11.3 Å². The van der Waals surface area contributed by atoms with Crippen LogP contribution in [0.4, 0.5) is 5.69 Å². The maximum absolute atomic E-state index is 13.0. The molecule has 2 atom stereocenters. The zero-order valence-electron chi connectivity index (χ0n) is 15.7. The summed E-state index contributed by atoms with van der Waals surface area (Å²) < 4.78 is 34.4. The smallest absolute Gasteiger partial charge is 0.182 e. The fraction of sp³-hybridized carbons (Fsp3) is 0.350. The molecule has 0 amide bonds. The van der Waals surface area contributed by atoms with Gasteiger partial charge in [-0.25, -0.2) is 8.42 Å². The summed E-state index contributed by atoms with van der Waals surface area (Å²) in [5.74, 6) is 0.231. The molecule has 2 aromatic rings. The number of ether oxygens (including phenoxy) is 2. The zero-order valence-corrected chi connectivity index (χ0v) is 16.6. The Hall–Kier alpha value is -2.58. The van der Waals surface area contributed by atoms with E-state index in [4.69, 9.17) is 9.47 Å². The maximum atomic E-state index is 13.0. The monoisotopic (exact) mass is 405 g/mol. The van der Waals surface area contributed by atoms with Gasteiger partial charge in [-0.1, -0.05) is 18.2 Å². The molecule has 0 bridgehead atoms. The van der Waals surface area contributed by atoms with Gasteiger partial charge in [-0.2, -0.15) is 0 Å². The number of hydrogen-bond acceptors (Lipinski definition) is 7. The van der Waals surface area contributed by atoms with Gasteiger partial charge in [-0.15, -0.1) is 0 Å². The molecular weight excluding hydrogens is 382 g/mol. The summed E-state index contributed by atoms with van der Waals surface area (Å²) >= 11 is 0. The van der Waals surface area contributed by atoms with E-state index in [0.29, 0.717) is 22.7 Å². The maximum Gasteiger partial charge on any atom is 0.182 e. The van der Waals surface area contributed by atoms with Crippen LogP contribution in [0.3, 0.4) is 0 Å². The second-order valence-corrected chi connectivity index (χ2v) is 8.82. The highest BCUT2D eigenvalue weighted by molar-refractivity contribution is 7.91. The Morgan fingerprint density at radius 2 is 1.75 bits per heavy atom. The first-order valence-corrected chi connectivity index (χ1v) is 10.6. The fourth-order valence-corrected chi connectivity index (χ4v) is 5.18. The summed E-state index contributed by atoms with van der Waals surface area (Å²) in [6.07, 6.45) is -1.05. The Morgan fingerprint density at radius 1 is 1.07 bits per heavy atom. The SMILES string of the molecule is COc1ccc(C(=O)CN(c2ccccc2)[C@@H]2CS(=O)(=O)C[C@H]2O)cc1OC. The van der Waals surface area contributed by atoms with Crippen LogP contribution in [0.15, 0.2) is 48.5 Å². The molecule has 28 heavy (non-hydrogen) atoms. The largest absolute Gasteiger partial charge is 0.493 e. The van der Waals surface area contributed by atoms with Crippen molar-refractivity contribution in [3.05, 3.63) is 54.1 Å². The molecule has 1 aliphatic heterocycles. The Bertz CT molecular complexity index is 944. The van der Waals surface area contributed by atoms with Crippen molar-refractivity contribution in [2.45, 2.75) is 12.1 Å². The van der Waals surface area contributed by atoms with E-state index >= 15 is 0 Å². The predicted octanol–water partition coefficient (Wildman–Crippen LogP) is 1.55. The fourth-order valence-electron chi connectivity index (χ4n) is 3.38. The van der Waals surface area contributed by atoms with E-state index in [1.165, 1.54) is 14.2 Å². The second kappa shape index (κ2) is 8.20. The topological polar surface area (TPSA) is 93.1 Å². The quantitative estimate of drug-likeness (QED) is 0.699. The van der Waals surface area contributed by atoms with Crippen molar-refractivity contribution >= 4 is 21.3 Å². The molecule has 8 heteroatoms. The van der Waals surface area contributed by atoms with Crippen molar-refractivity contribution in [2.24, 2.45) is 0 Å². The molecule has 0 saturated carbocycles. The second-order valence-electron chi connectivity index (χ2n) is 6.67. The van der Waals surface area contributed by atoms with Crippen LogP contribution in [0.25, 0.3) is 0 Å². The van der Waals surface area contributed by atoms with Crippen LogP contribution in [0.2, 0.25) is 0 Å². The van der Waals surface area contributed by atoms with E-state index in [0.717, 1.165) is 0 Å². The number of nitrogens with zero attached hydrogens (tertiary/aromatic N) is 1. The van der Waals surface area contributed by atoms with Gasteiger partial charge >= 0.3 is 0 Å². The summed E-state index contributed by atoms with van der Waals surface area (Å²) in [5.41, 5.74) is 1.09. The van der Waals surface area contributed by atoms with Crippen molar-refractivity contribution < 1.29 is 27.8 Å². The van der Waals surface area contributed by atoms with Gasteiger partial charge in [-0.05, 0) is 30.3 Å². The summed E-state index contributed by atoms with van der Waals surface area (Å²) in [4.78, 5) is 14.6. The molecule has 0 unspecified atom stereocenters. The number of aliphatic hydroxyl groups excluding tert-OH is 1.